The first-order valence-electron chi connectivity index (χ1n) is 7.31. The van der Waals surface area contributed by atoms with Crippen LogP contribution in [-0.2, 0) is 6.54 Å². The van der Waals surface area contributed by atoms with Crippen molar-refractivity contribution >= 4 is 0 Å². The Bertz CT molecular complexity index is 537. The molecule has 3 nitrogen and oxygen atoms in total. The highest BCUT2D eigenvalue weighted by Crippen LogP contribution is 2.12. The molecular formula is C18H23NO2. The summed E-state index contributed by atoms with van der Waals surface area (Å²) in [7, 11) is 1.69. The average molecular weight is 285 g/mol. The highest BCUT2D eigenvalue weighted by Gasteiger charge is 1.96. The lowest BCUT2D eigenvalue weighted by atomic mass is 10.2. The Balaban J connectivity index is 1.60. The normalized spacial score (nSPS) is 10.4. The summed E-state index contributed by atoms with van der Waals surface area (Å²) in [6.45, 7) is 4.59. The van der Waals surface area contributed by atoms with Gasteiger partial charge in [-0.3, -0.25) is 0 Å². The van der Waals surface area contributed by atoms with Crippen molar-refractivity contribution in [2.24, 2.45) is 0 Å². The zero-order chi connectivity index (χ0) is 14.9. The third-order valence-corrected chi connectivity index (χ3v) is 3.25. The number of hydrogen-bond donors (Lipinski definition) is 1. The molecule has 0 aliphatic carbocycles. The van der Waals surface area contributed by atoms with E-state index >= 15 is 0 Å². The van der Waals surface area contributed by atoms with E-state index in [4.69, 9.17) is 9.47 Å². The largest absolute Gasteiger partial charge is 0.497 e. The van der Waals surface area contributed by atoms with Gasteiger partial charge in [0.1, 0.15) is 11.5 Å². The molecule has 0 aliphatic rings. The molecule has 0 radical (unpaired) electrons. The number of nitrogens with one attached hydrogen (secondary N) is 1. The molecule has 0 atom stereocenters. The Morgan fingerprint density at radius 2 is 1.81 bits per heavy atom. The summed E-state index contributed by atoms with van der Waals surface area (Å²) in [5, 5.41) is 3.41. The van der Waals surface area contributed by atoms with Gasteiger partial charge >= 0.3 is 0 Å². The van der Waals surface area contributed by atoms with Crippen LogP contribution < -0.4 is 14.8 Å². The second-order valence-corrected chi connectivity index (χ2v) is 5.04. The average Bonchev–Trinajstić information content (AvgIpc) is 2.52. The standard InChI is InChI=1S/C18H23NO2/c1-15-7-9-17(10-8-15)21-12-4-11-19-14-16-5-3-6-18(13-16)20-2/h3,5-10,13,19H,4,11-12,14H2,1-2H3. The fourth-order valence-corrected chi connectivity index (χ4v) is 2.04. The maximum atomic E-state index is 5.69. The number of methoxy groups -OCH3 is 1. The number of hydrogen-bond acceptors (Lipinski definition) is 3. The lowest BCUT2D eigenvalue weighted by molar-refractivity contribution is 0.308. The van der Waals surface area contributed by atoms with Gasteiger partial charge in [-0.05, 0) is 49.7 Å². The zero-order valence-electron chi connectivity index (χ0n) is 12.8. The van der Waals surface area contributed by atoms with Crippen molar-refractivity contribution in [2.45, 2.75) is 19.9 Å². The van der Waals surface area contributed by atoms with Crippen LogP contribution in [0.1, 0.15) is 17.5 Å². The Morgan fingerprint density at radius 3 is 2.57 bits per heavy atom. The minimum atomic E-state index is 0.730. The van der Waals surface area contributed by atoms with E-state index in [1.165, 1.54) is 11.1 Å². The highest BCUT2D eigenvalue weighted by molar-refractivity contribution is 5.28. The molecule has 2 aromatic carbocycles. The van der Waals surface area contributed by atoms with Gasteiger partial charge in [0.05, 0.1) is 13.7 Å². The highest BCUT2D eigenvalue weighted by atomic mass is 16.5. The minimum Gasteiger partial charge on any atom is -0.497 e. The molecule has 0 aromatic heterocycles. The first-order valence-corrected chi connectivity index (χ1v) is 7.31. The van der Waals surface area contributed by atoms with Gasteiger partial charge in [-0.2, -0.15) is 0 Å². The summed E-state index contributed by atoms with van der Waals surface area (Å²) in [5.74, 6) is 1.84. The molecule has 0 fully saturated rings. The molecule has 0 saturated carbocycles. The van der Waals surface area contributed by atoms with Crippen LogP contribution in [0.4, 0.5) is 0 Å². The van der Waals surface area contributed by atoms with Gasteiger partial charge in [0, 0.05) is 6.54 Å². The second-order valence-electron chi connectivity index (χ2n) is 5.04. The Hall–Kier alpha value is -2.00. The van der Waals surface area contributed by atoms with E-state index in [1.807, 2.05) is 24.3 Å². The van der Waals surface area contributed by atoms with E-state index in [9.17, 15) is 0 Å². The van der Waals surface area contributed by atoms with Crippen molar-refractivity contribution in [1.29, 1.82) is 0 Å². The van der Waals surface area contributed by atoms with Gasteiger partial charge in [0.2, 0.25) is 0 Å². The minimum absolute atomic E-state index is 0.730. The Labute approximate surface area is 126 Å². The summed E-state index contributed by atoms with van der Waals surface area (Å²) < 4.78 is 10.9. The summed E-state index contributed by atoms with van der Waals surface area (Å²) in [6.07, 6.45) is 0.984. The Morgan fingerprint density at radius 1 is 1.00 bits per heavy atom. The van der Waals surface area contributed by atoms with Crippen molar-refractivity contribution < 1.29 is 9.47 Å². The van der Waals surface area contributed by atoms with Gasteiger partial charge in [-0.25, -0.2) is 0 Å². The van der Waals surface area contributed by atoms with Crippen LogP contribution in [-0.4, -0.2) is 20.3 Å². The monoisotopic (exact) mass is 285 g/mol. The fraction of sp³-hybridized carbons (Fsp3) is 0.333. The van der Waals surface area contributed by atoms with E-state index in [2.05, 4.69) is 36.5 Å². The molecule has 0 bridgehead atoms. The van der Waals surface area contributed by atoms with E-state index in [0.717, 1.165) is 37.6 Å². The Kier molecular flexibility index (Phi) is 6.10. The van der Waals surface area contributed by atoms with E-state index in [1.54, 1.807) is 7.11 Å². The molecule has 2 aromatic rings. The summed E-state index contributed by atoms with van der Waals surface area (Å²) in [5.41, 5.74) is 2.48. The maximum Gasteiger partial charge on any atom is 0.119 e. The molecule has 0 spiro atoms. The van der Waals surface area contributed by atoms with Crippen molar-refractivity contribution in [1.82, 2.24) is 5.32 Å². The predicted octanol–water partition coefficient (Wildman–Crippen LogP) is 3.56. The lowest BCUT2D eigenvalue weighted by Crippen LogP contribution is -2.17. The van der Waals surface area contributed by atoms with Gasteiger partial charge in [-0.1, -0.05) is 29.8 Å². The summed E-state index contributed by atoms with van der Waals surface area (Å²) in [6, 6.07) is 16.3. The predicted molar refractivity (Wildman–Crippen MR) is 86.0 cm³/mol. The number of benzene rings is 2. The van der Waals surface area contributed by atoms with Crippen molar-refractivity contribution in [3.8, 4) is 11.5 Å². The molecule has 3 heteroatoms. The third-order valence-electron chi connectivity index (χ3n) is 3.25. The van der Waals surface area contributed by atoms with Crippen molar-refractivity contribution in [3.63, 3.8) is 0 Å². The van der Waals surface area contributed by atoms with Crippen molar-refractivity contribution in [2.75, 3.05) is 20.3 Å². The van der Waals surface area contributed by atoms with Crippen molar-refractivity contribution in [3.05, 3.63) is 59.7 Å². The number of rotatable bonds is 8. The van der Waals surface area contributed by atoms with Crippen LogP contribution in [0.15, 0.2) is 48.5 Å². The lowest BCUT2D eigenvalue weighted by Gasteiger charge is -2.08. The number of ether oxygens (including phenoxy) is 2. The molecule has 21 heavy (non-hydrogen) atoms. The topological polar surface area (TPSA) is 30.5 Å². The van der Waals surface area contributed by atoms with Crippen LogP contribution in [0, 0.1) is 6.92 Å². The van der Waals surface area contributed by atoms with Crippen LogP contribution in [0.5, 0.6) is 11.5 Å². The summed E-state index contributed by atoms with van der Waals surface area (Å²) >= 11 is 0. The van der Waals surface area contributed by atoms with Gasteiger partial charge in [0.25, 0.3) is 0 Å². The molecule has 0 aliphatic heterocycles. The molecular weight excluding hydrogens is 262 g/mol. The molecule has 1 N–H and O–H groups in total. The maximum absolute atomic E-state index is 5.69. The smallest absolute Gasteiger partial charge is 0.119 e. The second kappa shape index (κ2) is 8.32. The SMILES string of the molecule is COc1cccc(CNCCCOc2ccc(C)cc2)c1. The molecule has 0 unspecified atom stereocenters. The first kappa shape index (κ1) is 15.4. The van der Waals surface area contributed by atoms with Gasteiger partial charge in [-0.15, -0.1) is 0 Å². The third kappa shape index (κ3) is 5.48. The fourth-order valence-electron chi connectivity index (χ4n) is 2.04. The van der Waals surface area contributed by atoms with Gasteiger partial charge < -0.3 is 14.8 Å². The molecule has 0 heterocycles. The van der Waals surface area contributed by atoms with Crippen LogP contribution in [0.25, 0.3) is 0 Å². The number of aryl methyl sites for hydroxylation is 1. The first-order chi connectivity index (χ1) is 10.3. The summed E-state index contributed by atoms with van der Waals surface area (Å²) in [4.78, 5) is 0. The van der Waals surface area contributed by atoms with Crippen LogP contribution in [0.2, 0.25) is 0 Å². The molecule has 2 rings (SSSR count). The van der Waals surface area contributed by atoms with Crippen LogP contribution in [0.3, 0.4) is 0 Å². The van der Waals surface area contributed by atoms with E-state index < -0.39 is 0 Å². The quantitative estimate of drug-likeness (QED) is 0.752. The molecule has 0 amide bonds. The van der Waals surface area contributed by atoms with E-state index in [-0.39, 0.29) is 0 Å². The van der Waals surface area contributed by atoms with Crippen LogP contribution >= 0.6 is 0 Å². The molecule has 0 saturated heterocycles. The zero-order valence-corrected chi connectivity index (χ0v) is 12.8. The molecule has 112 valence electrons. The van der Waals surface area contributed by atoms with E-state index in [0.29, 0.717) is 0 Å². The van der Waals surface area contributed by atoms with Gasteiger partial charge in [0.15, 0.2) is 0 Å².